The number of rotatable bonds is 6. The van der Waals surface area contributed by atoms with Crippen molar-refractivity contribution in [3.8, 4) is 23.1 Å². The van der Waals surface area contributed by atoms with Gasteiger partial charge in [0.1, 0.15) is 6.33 Å². The second-order valence-corrected chi connectivity index (χ2v) is 3.95. The summed E-state index contributed by atoms with van der Waals surface area (Å²) in [6.45, 7) is -0.0886. The molecular weight excluding hydrogens is 276 g/mol. The highest BCUT2D eigenvalue weighted by Crippen LogP contribution is 2.37. The summed E-state index contributed by atoms with van der Waals surface area (Å²) in [6.07, 6.45) is 1.29. The summed E-state index contributed by atoms with van der Waals surface area (Å²) in [5, 5.41) is 9.13. The Hall–Kier alpha value is -2.58. The number of anilines is 1. The maximum absolute atomic E-state index is 9.13. The first kappa shape index (κ1) is 14.8. The summed E-state index contributed by atoms with van der Waals surface area (Å²) in [4.78, 5) is 7.94. The Labute approximate surface area is 121 Å². The minimum Gasteiger partial charge on any atom is -0.493 e. The van der Waals surface area contributed by atoms with Crippen LogP contribution in [-0.2, 0) is 6.61 Å². The quantitative estimate of drug-likeness (QED) is 0.535. The molecule has 2 rings (SSSR count). The van der Waals surface area contributed by atoms with Crippen LogP contribution in [0.3, 0.4) is 0 Å². The average Bonchev–Trinajstić information content (AvgIpc) is 2.54. The van der Waals surface area contributed by atoms with E-state index in [0.717, 1.165) is 0 Å². The average molecular weight is 292 g/mol. The van der Waals surface area contributed by atoms with Crippen molar-refractivity contribution in [1.82, 2.24) is 9.97 Å². The third-order valence-corrected chi connectivity index (χ3v) is 2.73. The normalized spacial score (nSPS) is 10.1. The molecule has 0 saturated carbocycles. The number of aliphatic hydroxyl groups is 1. The summed E-state index contributed by atoms with van der Waals surface area (Å²) < 4.78 is 16.1. The fraction of sp³-hybridized carbons (Fsp3) is 0.231. The molecule has 0 aliphatic rings. The number of hydrazine groups is 1. The van der Waals surface area contributed by atoms with Gasteiger partial charge < -0.3 is 24.7 Å². The van der Waals surface area contributed by atoms with E-state index in [1.807, 2.05) is 0 Å². The number of aromatic nitrogens is 2. The van der Waals surface area contributed by atoms with Gasteiger partial charge in [0.2, 0.25) is 5.75 Å². The van der Waals surface area contributed by atoms with E-state index in [4.69, 9.17) is 25.2 Å². The predicted octanol–water partition coefficient (Wildman–Crippen LogP) is 1.06. The van der Waals surface area contributed by atoms with Crippen molar-refractivity contribution in [1.29, 1.82) is 0 Å². The largest absolute Gasteiger partial charge is 0.493 e. The molecule has 0 aliphatic carbocycles. The highest BCUT2D eigenvalue weighted by Gasteiger charge is 2.15. The maximum Gasteiger partial charge on any atom is 0.268 e. The summed E-state index contributed by atoms with van der Waals surface area (Å²) >= 11 is 0. The standard InChI is InChI=1S/C13H16N4O4/c1-19-10-5-8(6-18)3-4-9(10)21-13-11(20-2)12(17-14)15-7-16-13/h3-5,7,18H,6,14H2,1-2H3,(H,15,16,17). The third-order valence-electron chi connectivity index (χ3n) is 2.73. The van der Waals surface area contributed by atoms with Crippen LogP contribution in [0.1, 0.15) is 5.56 Å². The SMILES string of the molecule is COc1cc(CO)ccc1Oc1ncnc(NN)c1OC. The van der Waals surface area contributed by atoms with Gasteiger partial charge in [0.25, 0.3) is 5.88 Å². The summed E-state index contributed by atoms with van der Waals surface area (Å²) in [5.74, 6) is 7.00. The Morgan fingerprint density at radius 2 is 2.00 bits per heavy atom. The summed E-state index contributed by atoms with van der Waals surface area (Å²) in [5.41, 5.74) is 3.11. The van der Waals surface area contributed by atoms with Crippen LogP contribution in [0.15, 0.2) is 24.5 Å². The van der Waals surface area contributed by atoms with Crippen molar-refractivity contribution in [2.75, 3.05) is 19.6 Å². The lowest BCUT2D eigenvalue weighted by Crippen LogP contribution is -2.11. The molecule has 8 nitrogen and oxygen atoms in total. The molecule has 1 aromatic heterocycles. The zero-order valence-corrected chi connectivity index (χ0v) is 11.7. The van der Waals surface area contributed by atoms with Gasteiger partial charge in [0.05, 0.1) is 20.8 Å². The Morgan fingerprint density at radius 3 is 2.62 bits per heavy atom. The molecule has 0 fully saturated rings. The molecule has 0 saturated heterocycles. The van der Waals surface area contributed by atoms with Crippen LogP contribution in [0.5, 0.6) is 23.1 Å². The van der Waals surface area contributed by atoms with Crippen LogP contribution in [0.4, 0.5) is 5.82 Å². The van der Waals surface area contributed by atoms with Crippen LogP contribution in [-0.4, -0.2) is 29.3 Å². The van der Waals surface area contributed by atoms with Crippen molar-refractivity contribution < 1.29 is 19.3 Å². The van der Waals surface area contributed by atoms with E-state index in [-0.39, 0.29) is 18.2 Å². The number of nitrogens with two attached hydrogens (primary N) is 1. The molecule has 0 atom stereocenters. The van der Waals surface area contributed by atoms with Gasteiger partial charge in [-0.25, -0.2) is 10.8 Å². The van der Waals surface area contributed by atoms with Gasteiger partial charge in [-0.05, 0) is 17.7 Å². The van der Waals surface area contributed by atoms with Crippen molar-refractivity contribution >= 4 is 5.82 Å². The lowest BCUT2D eigenvalue weighted by molar-refractivity contribution is 0.280. The third kappa shape index (κ3) is 3.12. The number of nitrogens with zero attached hydrogens (tertiary/aromatic N) is 2. The molecular formula is C13H16N4O4. The van der Waals surface area contributed by atoms with E-state index in [1.165, 1.54) is 20.5 Å². The van der Waals surface area contributed by atoms with E-state index >= 15 is 0 Å². The van der Waals surface area contributed by atoms with E-state index in [9.17, 15) is 0 Å². The monoisotopic (exact) mass is 292 g/mol. The zero-order chi connectivity index (χ0) is 15.2. The highest BCUT2D eigenvalue weighted by atomic mass is 16.5. The van der Waals surface area contributed by atoms with Gasteiger partial charge >= 0.3 is 0 Å². The van der Waals surface area contributed by atoms with Gasteiger partial charge in [-0.3, -0.25) is 0 Å². The van der Waals surface area contributed by atoms with Gasteiger partial charge in [-0.15, -0.1) is 0 Å². The first-order valence-electron chi connectivity index (χ1n) is 6.04. The minimum atomic E-state index is -0.0886. The van der Waals surface area contributed by atoms with Crippen LogP contribution in [0.2, 0.25) is 0 Å². The molecule has 112 valence electrons. The molecule has 2 aromatic rings. The number of ether oxygens (including phenoxy) is 3. The molecule has 0 bridgehead atoms. The molecule has 0 radical (unpaired) electrons. The van der Waals surface area contributed by atoms with Crippen LogP contribution in [0, 0.1) is 0 Å². The fourth-order valence-electron chi connectivity index (χ4n) is 1.72. The van der Waals surface area contributed by atoms with Gasteiger partial charge in [-0.2, -0.15) is 4.98 Å². The molecule has 0 amide bonds. The van der Waals surface area contributed by atoms with E-state index in [1.54, 1.807) is 18.2 Å². The number of hydrogen-bond acceptors (Lipinski definition) is 8. The van der Waals surface area contributed by atoms with Gasteiger partial charge in [0, 0.05) is 0 Å². The molecule has 4 N–H and O–H groups in total. The van der Waals surface area contributed by atoms with Gasteiger partial charge in [-0.1, -0.05) is 6.07 Å². The van der Waals surface area contributed by atoms with Crippen molar-refractivity contribution in [2.24, 2.45) is 5.84 Å². The lowest BCUT2D eigenvalue weighted by Gasteiger charge is -2.14. The number of methoxy groups -OCH3 is 2. The topological polar surface area (TPSA) is 112 Å². The molecule has 8 heteroatoms. The molecule has 0 aliphatic heterocycles. The van der Waals surface area contributed by atoms with Crippen molar-refractivity contribution in [3.05, 3.63) is 30.1 Å². The van der Waals surface area contributed by atoms with Crippen molar-refractivity contribution in [2.45, 2.75) is 6.61 Å². The Morgan fingerprint density at radius 1 is 1.19 bits per heavy atom. The lowest BCUT2D eigenvalue weighted by atomic mass is 10.2. The van der Waals surface area contributed by atoms with Crippen LogP contribution < -0.4 is 25.5 Å². The number of hydrogen-bond donors (Lipinski definition) is 3. The van der Waals surface area contributed by atoms with Crippen LogP contribution in [0.25, 0.3) is 0 Å². The summed E-state index contributed by atoms with van der Waals surface area (Å²) in [6, 6.07) is 5.06. The fourth-order valence-corrected chi connectivity index (χ4v) is 1.72. The van der Waals surface area contributed by atoms with E-state index in [0.29, 0.717) is 22.9 Å². The number of nitrogens with one attached hydrogen (secondary N) is 1. The van der Waals surface area contributed by atoms with Gasteiger partial charge in [0.15, 0.2) is 17.3 Å². The Kier molecular flexibility index (Phi) is 4.75. The molecule has 1 heterocycles. The smallest absolute Gasteiger partial charge is 0.268 e. The van der Waals surface area contributed by atoms with E-state index in [2.05, 4.69) is 15.4 Å². The number of nitrogen functional groups attached to an aromatic ring is 1. The Balaban J connectivity index is 2.38. The Bertz CT molecular complexity index is 621. The van der Waals surface area contributed by atoms with Crippen molar-refractivity contribution in [3.63, 3.8) is 0 Å². The first-order chi connectivity index (χ1) is 10.2. The second-order valence-electron chi connectivity index (χ2n) is 3.95. The minimum absolute atomic E-state index is 0.0886. The first-order valence-corrected chi connectivity index (χ1v) is 6.04. The highest BCUT2D eigenvalue weighted by molar-refractivity contribution is 5.56. The summed E-state index contributed by atoms with van der Waals surface area (Å²) in [7, 11) is 2.96. The number of benzene rings is 1. The molecule has 0 spiro atoms. The maximum atomic E-state index is 9.13. The molecule has 1 aromatic carbocycles. The zero-order valence-electron chi connectivity index (χ0n) is 11.7. The van der Waals surface area contributed by atoms with E-state index < -0.39 is 0 Å². The molecule has 0 unspecified atom stereocenters. The predicted molar refractivity (Wildman–Crippen MR) is 75.4 cm³/mol. The molecule has 21 heavy (non-hydrogen) atoms. The second kappa shape index (κ2) is 6.73. The number of aliphatic hydroxyl groups excluding tert-OH is 1. The van der Waals surface area contributed by atoms with Crippen LogP contribution >= 0.6 is 0 Å².